The first kappa shape index (κ1) is 13.6. The minimum atomic E-state index is -0.737. The molecule has 6 nitrogen and oxygen atoms in total. The first-order valence-electron chi connectivity index (χ1n) is 5.25. The van der Waals surface area contributed by atoms with Crippen molar-refractivity contribution in [2.45, 2.75) is 25.7 Å². The molecular weight excluding hydrogens is 229 g/mol. The maximum Gasteiger partial charge on any atom is 0.351 e. The van der Waals surface area contributed by atoms with Gasteiger partial charge in [0.05, 0.1) is 6.10 Å². The summed E-state index contributed by atoms with van der Waals surface area (Å²) in [6.45, 7) is 0.706. The Labute approximate surface area is 97.8 Å². The van der Waals surface area contributed by atoms with Crippen LogP contribution in [-0.2, 0) is 4.74 Å². The molecule has 7 heteroatoms. The number of aromatic nitrogens is 2. The fraction of sp³-hybridized carbons (Fsp3) is 0.600. The Morgan fingerprint density at radius 1 is 1.71 bits per heavy atom. The number of ether oxygens (including phenoxy) is 1. The molecule has 1 heterocycles. The fourth-order valence-electron chi connectivity index (χ4n) is 1.37. The highest BCUT2D eigenvalue weighted by Crippen LogP contribution is 2.11. The number of rotatable bonds is 6. The number of halogens is 1. The third kappa shape index (κ3) is 3.79. The number of aliphatic hydroxyl groups excluding tert-OH is 1. The Hall–Kier alpha value is -1.47. The van der Waals surface area contributed by atoms with Crippen molar-refractivity contribution in [3.05, 3.63) is 22.7 Å². The van der Waals surface area contributed by atoms with Gasteiger partial charge in [0.25, 0.3) is 0 Å². The van der Waals surface area contributed by atoms with E-state index in [0.717, 1.165) is 0 Å². The average Bonchev–Trinajstić information content (AvgIpc) is 2.28. The molecule has 0 radical (unpaired) electrons. The monoisotopic (exact) mass is 245 g/mol. The van der Waals surface area contributed by atoms with Crippen molar-refractivity contribution in [2.24, 2.45) is 0 Å². The van der Waals surface area contributed by atoms with Gasteiger partial charge in [0.2, 0.25) is 0 Å². The number of hydrogen-bond donors (Lipinski definition) is 2. The van der Waals surface area contributed by atoms with Crippen LogP contribution in [0.3, 0.4) is 0 Å². The lowest BCUT2D eigenvalue weighted by Crippen LogP contribution is -2.30. The Bertz CT molecular complexity index is 410. The Morgan fingerprint density at radius 2 is 2.41 bits per heavy atom. The molecule has 0 saturated heterocycles. The summed E-state index contributed by atoms with van der Waals surface area (Å²) in [6, 6.07) is 1.46. The molecule has 1 rings (SSSR count). The molecule has 96 valence electrons. The number of nitrogens with two attached hydrogens (primary N) is 1. The normalized spacial score (nSPS) is 14.5. The zero-order valence-corrected chi connectivity index (χ0v) is 9.54. The molecular formula is C10H16FN3O3. The molecule has 0 bridgehead atoms. The summed E-state index contributed by atoms with van der Waals surface area (Å²) in [5.41, 5.74) is 4.79. The van der Waals surface area contributed by atoms with Crippen molar-refractivity contribution in [3.63, 3.8) is 0 Å². The quantitative estimate of drug-likeness (QED) is 0.740. The molecule has 0 spiro atoms. The summed E-state index contributed by atoms with van der Waals surface area (Å²) in [5.74, 6) is 0.121. The van der Waals surface area contributed by atoms with Gasteiger partial charge in [-0.15, -0.1) is 0 Å². The van der Waals surface area contributed by atoms with E-state index in [2.05, 4.69) is 4.98 Å². The largest absolute Gasteiger partial charge is 0.396 e. The van der Waals surface area contributed by atoms with E-state index < -0.39 is 24.7 Å². The van der Waals surface area contributed by atoms with Gasteiger partial charge in [-0.05, 0) is 19.4 Å². The lowest BCUT2D eigenvalue weighted by molar-refractivity contribution is -0.0628. The summed E-state index contributed by atoms with van der Waals surface area (Å²) in [5, 5.41) is 8.70. The highest BCUT2D eigenvalue weighted by Gasteiger charge is 2.15. The van der Waals surface area contributed by atoms with Crippen LogP contribution in [-0.4, -0.2) is 34.0 Å². The summed E-state index contributed by atoms with van der Waals surface area (Å²) in [4.78, 5) is 15.0. The van der Waals surface area contributed by atoms with Crippen molar-refractivity contribution in [1.29, 1.82) is 0 Å². The van der Waals surface area contributed by atoms with Gasteiger partial charge in [-0.25, -0.2) is 9.18 Å². The van der Waals surface area contributed by atoms with Crippen LogP contribution in [0.1, 0.15) is 19.6 Å². The second kappa shape index (κ2) is 6.31. The molecule has 1 aromatic rings. The molecule has 17 heavy (non-hydrogen) atoms. The van der Waals surface area contributed by atoms with Gasteiger partial charge in [0.15, 0.2) is 0 Å². The first-order valence-corrected chi connectivity index (χ1v) is 5.25. The second-order valence-electron chi connectivity index (χ2n) is 3.57. The van der Waals surface area contributed by atoms with Gasteiger partial charge < -0.3 is 15.6 Å². The second-order valence-corrected chi connectivity index (χ2v) is 3.57. The zero-order chi connectivity index (χ0) is 12.8. The topological polar surface area (TPSA) is 90.4 Å². The molecule has 0 aliphatic carbocycles. The van der Waals surface area contributed by atoms with Gasteiger partial charge in [-0.2, -0.15) is 4.98 Å². The highest BCUT2D eigenvalue weighted by atomic mass is 19.1. The Balaban J connectivity index is 2.75. The first-order chi connectivity index (χ1) is 8.08. The predicted octanol–water partition coefficient (Wildman–Crippen LogP) is 0.0811. The van der Waals surface area contributed by atoms with Crippen molar-refractivity contribution < 1.29 is 14.2 Å². The third-order valence-electron chi connectivity index (χ3n) is 2.26. The van der Waals surface area contributed by atoms with Crippen molar-refractivity contribution in [3.8, 4) is 0 Å². The predicted molar refractivity (Wildman–Crippen MR) is 60.2 cm³/mol. The van der Waals surface area contributed by atoms with E-state index in [9.17, 15) is 9.18 Å². The summed E-state index contributed by atoms with van der Waals surface area (Å²) in [6.07, 6.45) is 0.212. The average molecular weight is 245 g/mol. The smallest absolute Gasteiger partial charge is 0.351 e. The van der Waals surface area contributed by atoms with Crippen LogP contribution in [0.5, 0.6) is 0 Å². The molecule has 3 N–H and O–H groups in total. The van der Waals surface area contributed by atoms with Gasteiger partial charge in [0.1, 0.15) is 18.7 Å². The van der Waals surface area contributed by atoms with Gasteiger partial charge in [-0.3, -0.25) is 4.57 Å². The molecule has 2 atom stereocenters. The SMILES string of the molecule is CC(OC(CF)CCO)n1ccc(N)nc1=O. The van der Waals surface area contributed by atoms with Crippen LogP contribution in [0.25, 0.3) is 0 Å². The Morgan fingerprint density at radius 3 is 2.94 bits per heavy atom. The van der Waals surface area contributed by atoms with Crippen LogP contribution in [0.15, 0.2) is 17.1 Å². The lowest BCUT2D eigenvalue weighted by Gasteiger charge is -2.20. The number of alkyl halides is 1. The van der Waals surface area contributed by atoms with Crippen molar-refractivity contribution >= 4 is 5.82 Å². The van der Waals surface area contributed by atoms with Crippen molar-refractivity contribution in [1.82, 2.24) is 9.55 Å². The van der Waals surface area contributed by atoms with Crippen LogP contribution >= 0.6 is 0 Å². The molecule has 1 aromatic heterocycles. The molecule has 0 aliphatic rings. The third-order valence-corrected chi connectivity index (χ3v) is 2.26. The molecule has 0 aromatic carbocycles. The van der Waals surface area contributed by atoms with Crippen LogP contribution < -0.4 is 11.4 Å². The van der Waals surface area contributed by atoms with Gasteiger partial charge in [0, 0.05) is 12.8 Å². The number of nitrogens with zero attached hydrogens (tertiary/aromatic N) is 2. The summed E-state index contributed by atoms with van der Waals surface area (Å²) in [7, 11) is 0. The number of hydrogen-bond acceptors (Lipinski definition) is 5. The van der Waals surface area contributed by atoms with E-state index in [-0.39, 0.29) is 18.8 Å². The fourth-order valence-corrected chi connectivity index (χ4v) is 1.37. The van der Waals surface area contributed by atoms with Crippen LogP contribution in [0, 0.1) is 0 Å². The maximum absolute atomic E-state index is 12.5. The van der Waals surface area contributed by atoms with Crippen molar-refractivity contribution in [2.75, 3.05) is 19.0 Å². The summed E-state index contributed by atoms with van der Waals surface area (Å²) >= 11 is 0. The Kier molecular flexibility index (Phi) is 5.05. The van der Waals surface area contributed by atoms with Crippen LogP contribution in [0.2, 0.25) is 0 Å². The number of nitrogen functional groups attached to an aromatic ring is 1. The molecule has 0 amide bonds. The summed E-state index contributed by atoms with van der Waals surface area (Å²) < 4.78 is 19.0. The van der Waals surface area contributed by atoms with Crippen LogP contribution in [0.4, 0.5) is 10.2 Å². The standard InChI is InChI=1S/C10H16FN3O3/c1-7(17-8(6-11)3-5-15)14-4-2-9(12)13-10(14)16/h2,4,7-8,15H,3,5-6H2,1H3,(H2,12,13,16). The molecule has 0 aliphatic heterocycles. The van der Waals surface area contributed by atoms with E-state index in [0.29, 0.717) is 0 Å². The maximum atomic E-state index is 12.5. The van der Waals surface area contributed by atoms with E-state index in [1.165, 1.54) is 16.8 Å². The minimum Gasteiger partial charge on any atom is -0.396 e. The molecule has 2 unspecified atom stereocenters. The number of anilines is 1. The van der Waals surface area contributed by atoms with E-state index >= 15 is 0 Å². The van der Waals surface area contributed by atoms with Gasteiger partial charge in [-0.1, -0.05) is 0 Å². The van der Waals surface area contributed by atoms with E-state index in [4.69, 9.17) is 15.6 Å². The molecule has 0 fully saturated rings. The van der Waals surface area contributed by atoms with Gasteiger partial charge >= 0.3 is 5.69 Å². The highest BCUT2D eigenvalue weighted by molar-refractivity contribution is 5.23. The van der Waals surface area contributed by atoms with E-state index in [1.807, 2.05) is 0 Å². The zero-order valence-electron chi connectivity index (χ0n) is 9.54. The number of aliphatic hydroxyl groups is 1. The molecule has 0 saturated carbocycles. The lowest BCUT2D eigenvalue weighted by atomic mass is 10.3. The minimum absolute atomic E-state index is 0.121. The van der Waals surface area contributed by atoms with E-state index in [1.54, 1.807) is 6.92 Å².